The number of allylic oxidation sites excluding steroid dienone is 14. The Morgan fingerprint density at radius 3 is 2.10 bits per heavy atom. The number of ether oxygens (including phenoxy) is 3. The van der Waals surface area contributed by atoms with Crippen LogP contribution < -0.4 is 0 Å². The fourth-order valence-corrected chi connectivity index (χ4v) is 6.96. The van der Waals surface area contributed by atoms with Crippen LogP contribution in [0.3, 0.4) is 0 Å². The van der Waals surface area contributed by atoms with Gasteiger partial charge >= 0.3 is 11.9 Å². The van der Waals surface area contributed by atoms with Crippen molar-refractivity contribution in [2.24, 2.45) is 23.7 Å². The van der Waals surface area contributed by atoms with E-state index in [1.807, 2.05) is 106 Å². The number of esters is 2. The molecule has 0 bridgehead atoms. The lowest BCUT2D eigenvalue weighted by Crippen LogP contribution is -2.42. The monoisotopic (exact) mass is 855 g/mol. The summed E-state index contributed by atoms with van der Waals surface area (Å²) in [6.45, 7) is 10.8. The van der Waals surface area contributed by atoms with Crippen molar-refractivity contribution in [1.82, 2.24) is 0 Å². The van der Waals surface area contributed by atoms with Crippen LogP contribution in [0, 0.1) is 23.7 Å². The molecule has 0 aromatic rings. The normalized spacial score (nSPS) is 30.6. The number of methoxy groups -OCH3 is 2. The number of aliphatic hydroxyl groups excluding tert-OH is 6. The Balaban J connectivity index is 2.96. The van der Waals surface area contributed by atoms with Crippen LogP contribution in [0.2, 0.25) is 0 Å². The Morgan fingerprint density at radius 1 is 0.836 bits per heavy atom. The molecule has 12 atom stereocenters. The maximum Gasteiger partial charge on any atom is 0.308 e. The molecule has 1 rings (SSSR count). The van der Waals surface area contributed by atoms with E-state index in [0.29, 0.717) is 38.5 Å². The second kappa shape index (κ2) is 32.1. The van der Waals surface area contributed by atoms with E-state index in [9.17, 15) is 40.2 Å². The molecule has 1 heterocycles. The molecule has 0 fully saturated rings. The van der Waals surface area contributed by atoms with Crippen LogP contribution in [0.25, 0.3) is 0 Å². The number of carbonyl (C=O) groups excluding carboxylic acids is 2. The third-order valence-corrected chi connectivity index (χ3v) is 11.3. The van der Waals surface area contributed by atoms with E-state index < -0.39 is 72.9 Å². The van der Waals surface area contributed by atoms with Crippen molar-refractivity contribution in [1.29, 1.82) is 0 Å². The molecule has 344 valence electrons. The Labute approximate surface area is 366 Å². The van der Waals surface area contributed by atoms with Gasteiger partial charge in [0.1, 0.15) is 6.10 Å². The molecule has 0 aromatic carbocycles. The van der Waals surface area contributed by atoms with E-state index in [1.165, 1.54) is 7.11 Å². The molecule has 61 heavy (non-hydrogen) atoms. The highest BCUT2D eigenvalue weighted by molar-refractivity contribution is 5.70. The van der Waals surface area contributed by atoms with Gasteiger partial charge in [-0.05, 0) is 64.7 Å². The minimum absolute atomic E-state index is 0.0367. The summed E-state index contributed by atoms with van der Waals surface area (Å²) in [6, 6.07) is 0. The van der Waals surface area contributed by atoms with Crippen molar-refractivity contribution >= 4 is 11.9 Å². The highest BCUT2D eigenvalue weighted by atomic mass is 16.5. The molecule has 0 radical (unpaired) electrons. The third-order valence-electron chi connectivity index (χ3n) is 11.3. The van der Waals surface area contributed by atoms with Gasteiger partial charge in [0.05, 0.1) is 56.3 Å². The Kier molecular flexibility index (Phi) is 29.1. The molecule has 1 aliphatic rings. The average molecular weight is 855 g/mol. The molecular formula is C50H78O11. The first-order chi connectivity index (χ1) is 29.0. The number of hydrogen-bond acceptors (Lipinski definition) is 11. The van der Waals surface area contributed by atoms with Crippen molar-refractivity contribution in [2.75, 3.05) is 14.2 Å². The summed E-state index contributed by atoms with van der Waals surface area (Å²) in [7, 11) is 3.02. The van der Waals surface area contributed by atoms with Gasteiger partial charge in [0, 0.05) is 37.7 Å². The van der Waals surface area contributed by atoms with Crippen LogP contribution in [0.15, 0.2) is 108 Å². The van der Waals surface area contributed by atoms with E-state index in [1.54, 1.807) is 40.0 Å². The molecule has 1 aliphatic heterocycles. The van der Waals surface area contributed by atoms with Gasteiger partial charge in [0.15, 0.2) is 0 Å². The maximum absolute atomic E-state index is 13.3. The fourth-order valence-electron chi connectivity index (χ4n) is 6.96. The summed E-state index contributed by atoms with van der Waals surface area (Å²) in [5, 5.41) is 65.6. The summed E-state index contributed by atoms with van der Waals surface area (Å²) < 4.78 is 16.2. The molecule has 0 aliphatic carbocycles. The summed E-state index contributed by atoms with van der Waals surface area (Å²) >= 11 is 0. The lowest BCUT2D eigenvalue weighted by molar-refractivity contribution is -0.159. The molecule has 11 nitrogen and oxygen atoms in total. The van der Waals surface area contributed by atoms with Crippen LogP contribution in [0.4, 0.5) is 0 Å². The lowest BCUT2D eigenvalue weighted by atomic mass is 9.81. The van der Waals surface area contributed by atoms with Crippen molar-refractivity contribution < 1.29 is 54.4 Å². The first kappa shape index (κ1) is 55.3. The average Bonchev–Trinajstić information content (AvgIpc) is 3.22. The van der Waals surface area contributed by atoms with Gasteiger partial charge in [0.2, 0.25) is 0 Å². The van der Waals surface area contributed by atoms with Gasteiger partial charge in [-0.1, -0.05) is 136 Å². The van der Waals surface area contributed by atoms with Crippen molar-refractivity contribution in [3.8, 4) is 0 Å². The van der Waals surface area contributed by atoms with Crippen molar-refractivity contribution in [3.63, 3.8) is 0 Å². The molecule has 0 spiro atoms. The van der Waals surface area contributed by atoms with Gasteiger partial charge < -0.3 is 44.8 Å². The minimum Gasteiger partial charge on any atom is -0.469 e. The first-order valence-electron chi connectivity index (χ1n) is 21.9. The molecule has 11 heteroatoms. The number of aliphatic hydroxyl groups is 6. The smallest absolute Gasteiger partial charge is 0.308 e. The van der Waals surface area contributed by atoms with E-state index in [2.05, 4.69) is 4.74 Å². The highest BCUT2D eigenvalue weighted by Gasteiger charge is 2.35. The topological polar surface area (TPSA) is 183 Å². The van der Waals surface area contributed by atoms with E-state index in [-0.39, 0.29) is 30.8 Å². The second-order valence-corrected chi connectivity index (χ2v) is 16.6. The standard InChI is InChI=1S/C50H78O11/c1-35(23-18-14-12-10-9-11-13-15-20-25-41(51)31-36(2)29-30-47(55)60-8)32-44(53)38(4)46-33-42(52)26-22-28-43(59-7)27-21-17-16-19-24-37(3)49(57)40(6)50(58)39(5)45(54)34-48(56)61-46/h9-21,23,31-32,37-46,49-54,57-58H,22,24-30,33-34H2,1-8H3/b10-9+,13-11+,14-12+,19-16+,20-15+,21-17-,23-18+,35-32+,36-31+/t37-,38+,39+,40-,41-,42+,43+,44+,45+,46-,49+,50-/m0/s1. The van der Waals surface area contributed by atoms with Gasteiger partial charge in [0.25, 0.3) is 0 Å². The third kappa shape index (κ3) is 24.5. The molecule has 0 saturated carbocycles. The van der Waals surface area contributed by atoms with Gasteiger partial charge in [-0.2, -0.15) is 0 Å². The van der Waals surface area contributed by atoms with Crippen molar-refractivity contribution in [3.05, 3.63) is 108 Å². The van der Waals surface area contributed by atoms with Crippen LogP contribution >= 0.6 is 0 Å². The maximum atomic E-state index is 13.3. The largest absolute Gasteiger partial charge is 0.469 e. The second-order valence-electron chi connectivity index (χ2n) is 16.6. The number of hydrogen-bond donors (Lipinski definition) is 6. The quantitative estimate of drug-likeness (QED) is 0.0545. The zero-order valence-electron chi connectivity index (χ0n) is 38.0. The molecule has 6 N–H and O–H groups in total. The molecule has 0 unspecified atom stereocenters. The predicted octanol–water partition coefficient (Wildman–Crippen LogP) is 7.50. The van der Waals surface area contributed by atoms with Crippen molar-refractivity contribution in [2.45, 2.75) is 155 Å². The van der Waals surface area contributed by atoms with Crippen LogP contribution in [-0.4, -0.2) is 106 Å². The number of carbonyl (C=O) groups is 2. The van der Waals surface area contributed by atoms with Crippen LogP contribution in [0.5, 0.6) is 0 Å². The van der Waals surface area contributed by atoms with Gasteiger partial charge in [-0.25, -0.2) is 0 Å². The van der Waals surface area contributed by atoms with E-state index in [4.69, 9.17) is 9.47 Å². The lowest BCUT2D eigenvalue weighted by Gasteiger charge is -2.33. The number of rotatable bonds is 15. The minimum atomic E-state index is -1.25. The van der Waals surface area contributed by atoms with Crippen LogP contribution in [-0.2, 0) is 23.8 Å². The Morgan fingerprint density at radius 2 is 1.46 bits per heavy atom. The summed E-state index contributed by atoms with van der Waals surface area (Å²) in [5.41, 5.74) is 1.71. The molecule has 0 amide bonds. The fraction of sp³-hybridized carbons (Fsp3) is 0.600. The zero-order chi connectivity index (χ0) is 45.7. The van der Waals surface area contributed by atoms with Gasteiger partial charge in [-0.15, -0.1) is 0 Å². The molecular weight excluding hydrogens is 777 g/mol. The molecule has 0 aromatic heterocycles. The predicted molar refractivity (Wildman–Crippen MR) is 243 cm³/mol. The Hall–Kier alpha value is -3.68. The Bertz CT molecular complexity index is 1520. The first-order valence-corrected chi connectivity index (χ1v) is 21.9. The SMILES string of the molecule is COC(=O)CC/C(C)=C/[C@@H](O)C/C=C/C=C/C=C/C=C/C=C/C(C)=C/[C@@H](O)[C@@H](C)[C@@H]1C[C@H](O)CCC[C@H](OC)C/C=C\C=C\C[C@H](C)[C@@H](O)[C@H](C)[C@@H](O)[C@H](C)[C@H](O)CC(=O)O1. The summed E-state index contributed by atoms with van der Waals surface area (Å²) in [4.78, 5) is 24.5. The molecule has 0 saturated heterocycles. The summed E-state index contributed by atoms with van der Waals surface area (Å²) in [6.07, 6.45) is 27.4. The van der Waals surface area contributed by atoms with Crippen LogP contribution in [0.1, 0.15) is 106 Å². The zero-order valence-corrected chi connectivity index (χ0v) is 38.0. The highest BCUT2D eigenvalue weighted by Crippen LogP contribution is 2.28. The summed E-state index contributed by atoms with van der Waals surface area (Å²) in [5.74, 6) is -3.04. The van der Waals surface area contributed by atoms with E-state index >= 15 is 0 Å². The van der Waals surface area contributed by atoms with E-state index in [0.717, 1.165) is 17.6 Å². The van der Waals surface area contributed by atoms with Gasteiger partial charge in [-0.3, -0.25) is 9.59 Å². The number of cyclic esters (lactones) is 1.